The lowest BCUT2D eigenvalue weighted by atomic mass is 9.82. The van der Waals surface area contributed by atoms with Crippen LogP contribution in [0.1, 0.15) is 25.0 Å². The van der Waals surface area contributed by atoms with Crippen molar-refractivity contribution >= 4 is 38.9 Å². The van der Waals surface area contributed by atoms with Gasteiger partial charge in [0.1, 0.15) is 5.52 Å². The van der Waals surface area contributed by atoms with Crippen LogP contribution in [0, 0.1) is 0 Å². The molecule has 0 atom stereocenters. The van der Waals surface area contributed by atoms with Gasteiger partial charge in [-0.1, -0.05) is 135 Å². The fourth-order valence-corrected chi connectivity index (χ4v) is 8.21. The fraction of sp³-hybridized carbons (Fsp3) is 0.0600. The van der Waals surface area contributed by atoms with E-state index in [0.29, 0.717) is 5.89 Å². The summed E-state index contributed by atoms with van der Waals surface area (Å²) in [6.45, 7) is 4.68. The van der Waals surface area contributed by atoms with Crippen LogP contribution in [0.3, 0.4) is 0 Å². The quantitative estimate of drug-likeness (QED) is 0.175. The maximum absolute atomic E-state index is 6.19. The minimum absolute atomic E-state index is 0.0285. The average molecular weight is 681 g/mol. The molecule has 0 aliphatic heterocycles. The van der Waals surface area contributed by atoms with E-state index in [4.69, 9.17) is 9.40 Å². The molecule has 0 unspecified atom stereocenters. The van der Waals surface area contributed by atoms with E-state index in [0.717, 1.165) is 55.6 Å². The van der Waals surface area contributed by atoms with E-state index >= 15 is 0 Å². The van der Waals surface area contributed by atoms with E-state index in [1.807, 2.05) is 36.4 Å². The van der Waals surface area contributed by atoms with Gasteiger partial charge in [0.25, 0.3) is 0 Å². The molecule has 252 valence electrons. The Kier molecular flexibility index (Phi) is 7.16. The molecule has 1 heterocycles. The minimum atomic E-state index is -0.0285. The van der Waals surface area contributed by atoms with Crippen LogP contribution in [0.25, 0.3) is 66.7 Å². The molecule has 0 N–H and O–H groups in total. The number of rotatable bonds is 6. The Labute approximate surface area is 309 Å². The van der Waals surface area contributed by atoms with E-state index in [9.17, 15) is 0 Å². The average Bonchev–Trinajstić information content (AvgIpc) is 3.76. The number of fused-ring (bicyclic) bond motifs is 6. The molecule has 1 aliphatic carbocycles. The van der Waals surface area contributed by atoms with Crippen LogP contribution in [0.2, 0.25) is 0 Å². The van der Waals surface area contributed by atoms with Crippen LogP contribution in [0.15, 0.2) is 186 Å². The number of hydrogen-bond acceptors (Lipinski definition) is 3. The normalized spacial score (nSPS) is 12.9. The van der Waals surface area contributed by atoms with Crippen molar-refractivity contribution in [1.29, 1.82) is 0 Å². The third-order valence-corrected chi connectivity index (χ3v) is 10.9. The molecule has 3 nitrogen and oxygen atoms in total. The topological polar surface area (TPSA) is 29.3 Å². The van der Waals surface area contributed by atoms with Crippen molar-refractivity contribution in [3.63, 3.8) is 0 Å². The Morgan fingerprint density at radius 2 is 1.06 bits per heavy atom. The van der Waals surface area contributed by atoms with Crippen LogP contribution in [0.5, 0.6) is 0 Å². The molecule has 1 aliphatic rings. The van der Waals surface area contributed by atoms with Gasteiger partial charge in [-0.25, -0.2) is 4.98 Å². The summed E-state index contributed by atoms with van der Waals surface area (Å²) in [5.41, 5.74) is 16.2. The van der Waals surface area contributed by atoms with Crippen molar-refractivity contribution in [2.75, 3.05) is 4.90 Å². The summed E-state index contributed by atoms with van der Waals surface area (Å²) < 4.78 is 6.19. The lowest BCUT2D eigenvalue weighted by molar-refractivity contribution is 0.620. The van der Waals surface area contributed by atoms with Gasteiger partial charge in [-0.2, -0.15) is 0 Å². The second kappa shape index (κ2) is 12.2. The Morgan fingerprint density at radius 1 is 0.472 bits per heavy atom. The van der Waals surface area contributed by atoms with Crippen molar-refractivity contribution in [3.05, 3.63) is 193 Å². The summed E-state index contributed by atoms with van der Waals surface area (Å²) in [6.07, 6.45) is 0. The number of para-hydroxylation sites is 1. The smallest absolute Gasteiger partial charge is 0.227 e. The first-order valence-corrected chi connectivity index (χ1v) is 18.2. The third kappa shape index (κ3) is 5.16. The van der Waals surface area contributed by atoms with Gasteiger partial charge in [0, 0.05) is 33.4 Å². The third-order valence-electron chi connectivity index (χ3n) is 10.9. The van der Waals surface area contributed by atoms with Crippen molar-refractivity contribution in [1.82, 2.24) is 4.98 Å². The highest BCUT2D eigenvalue weighted by Crippen LogP contribution is 2.52. The fourth-order valence-electron chi connectivity index (χ4n) is 8.21. The lowest BCUT2D eigenvalue weighted by Gasteiger charge is -2.26. The molecule has 53 heavy (non-hydrogen) atoms. The van der Waals surface area contributed by atoms with Crippen molar-refractivity contribution < 1.29 is 4.42 Å². The summed E-state index contributed by atoms with van der Waals surface area (Å²) in [7, 11) is 0. The van der Waals surface area contributed by atoms with Gasteiger partial charge in [-0.05, 0) is 111 Å². The monoisotopic (exact) mass is 680 g/mol. The zero-order chi connectivity index (χ0) is 35.5. The van der Waals surface area contributed by atoms with Crippen LogP contribution >= 0.6 is 0 Å². The van der Waals surface area contributed by atoms with Crippen molar-refractivity contribution in [2.24, 2.45) is 0 Å². The van der Waals surface area contributed by atoms with E-state index in [-0.39, 0.29) is 5.41 Å². The molecule has 0 fully saturated rings. The first-order valence-electron chi connectivity index (χ1n) is 18.2. The van der Waals surface area contributed by atoms with Crippen LogP contribution in [0.4, 0.5) is 17.1 Å². The second-order valence-electron chi connectivity index (χ2n) is 14.4. The molecule has 0 spiro atoms. The van der Waals surface area contributed by atoms with E-state index < -0.39 is 0 Å². The molecular weight excluding hydrogens is 645 g/mol. The summed E-state index contributed by atoms with van der Waals surface area (Å²) in [6, 6.07) is 64.9. The Hall–Kier alpha value is -6.71. The summed E-state index contributed by atoms with van der Waals surface area (Å²) in [4.78, 5) is 7.26. The molecule has 0 saturated heterocycles. The predicted molar refractivity (Wildman–Crippen MR) is 220 cm³/mol. The number of aromatic nitrogens is 1. The van der Waals surface area contributed by atoms with Crippen LogP contribution in [-0.2, 0) is 5.41 Å². The number of anilines is 3. The first kappa shape index (κ1) is 31.1. The van der Waals surface area contributed by atoms with Crippen LogP contribution < -0.4 is 4.90 Å². The SMILES string of the molecule is CC1(C)c2ccccc2-c2c(-c3ccc(N(c4ccccc4)c4ccc(-c5ccc6ccc7oc(-c8ccccc8)nc7c6c5)cc4)cc3)cccc21. The van der Waals surface area contributed by atoms with Crippen molar-refractivity contribution in [3.8, 4) is 44.8 Å². The number of oxazole rings is 1. The number of nitrogens with zero attached hydrogens (tertiary/aromatic N) is 2. The second-order valence-corrected chi connectivity index (χ2v) is 14.4. The molecule has 9 aromatic rings. The van der Waals surface area contributed by atoms with E-state index in [2.05, 4.69) is 164 Å². The van der Waals surface area contributed by atoms with Crippen molar-refractivity contribution in [2.45, 2.75) is 19.3 Å². The van der Waals surface area contributed by atoms with E-state index in [1.54, 1.807) is 0 Å². The van der Waals surface area contributed by atoms with Gasteiger partial charge in [0.15, 0.2) is 5.58 Å². The molecule has 8 aromatic carbocycles. The number of hydrogen-bond donors (Lipinski definition) is 0. The maximum atomic E-state index is 6.19. The first-order chi connectivity index (χ1) is 26.0. The molecule has 0 saturated carbocycles. The zero-order valence-electron chi connectivity index (χ0n) is 29.6. The molecule has 3 heteroatoms. The summed E-state index contributed by atoms with van der Waals surface area (Å²) in [5, 5.41) is 2.22. The van der Waals surface area contributed by atoms with Gasteiger partial charge in [-0.3, -0.25) is 0 Å². The van der Waals surface area contributed by atoms with Gasteiger partial charge in [0.05, 0.1) is 0 Å². The highest BCUT2D eigenvalue weighted by molar-refractivity contribution is 6.05. The standard InChI is InChI=1S/C50H36N2O/c1-50(2)44-18-10-9-16-42(44)47-41(17-11-19-45(47)50)34-24-29-40(30-25-34)52(38-14-7-4-8-15-38)39-27-22-33(23-28-39)37-21-20-35-26-31-46-48(43(35)32-37)51-49(53-46)36-12-5-3-6-13-36/h3-32H,1-2H3. The molecule has 0 amide bonds. The Bertz CT molecular complexity index is 2780. The maximum Gasteiger partial charge on any atom is 0.227 e. The highest BCUT2D eigenvalue weighted by Gasteiger charge is 2.36. The zero-order valence-corrected chi connectivity index (χ0v) is 29.6. The molecule has 0 bridgehead atoms. The summed E-state index contributed by atoms with van der Waals surface area (Å²) in [5.74, 6) is 0.638. The van der Waals surface area contributed by atoms with Gasteiger partial charge in [0.2, 0.25) is 5.89 Å². The van der Waals surface area contributed by atoms with Crippen LogP contribution in [-0.4, -0.2) is 4.98 Å². The van der Waals surface area contributed by atoms with E-state index in [1.165, 1.54) is 33.4 Å². The number of benzene rings is 8. The predicted octanol–water partition coefficient (Wildman–Crippen LogP) is 13.8. The minimum Gasteiger partial charge on any atom is -0.436 e. The molecule has 10 rings (SSSR count). The summed E-state index contributed by atoms with van der Waals surface area (Å²) >= 11 is 0. The van der Waals surface area contributed by atoms with Gasteiger partial charge in [-0.15, -0.1) is 0 Å². The lowest BCUT2D eigenvalue weighted by Crippen LogP contribution is -2.14. The van der Waals surface area contributed by atoms with Gasteiger partial charge < -0.3 is 9.32 Å². The van der Waals surface area contributed by atoms with Gasteiger partial charge >= 0.3 is 0 Å². The molecule has 0 radical (unpaired) electrons. The Balaban J connectivity index is 1.00. The highest BCUT2D eigenvalue weighted by atomic mass is 16.3. The Morgan fingerprint density at radius 3 is 1.81 bits per heavy atom. The molecular formula is C50H36N2O. The largest absolute Gasteiger partial charge is 0.436 e. The molecule has 1 aromatic heterocycles.